The number of nitrogens with zero attached hydrogens (tertiary/aromatic N) is 5. The van der Waals surface area contributed by atoms with Gasteiger partial charge in [-0.1, -0.05) is 13.8 Å². The number of nitrogens with two attached hydrogens (primary N) is 1. The predicted molar refractivity (Wildman–Crippen MR) is 79.6 cm³/mol. The summed E-state index contributed by atoms with van der Waals surface area (Å²) in [5.41, 5.74) is 6.46. The molecule has 1 aliphatic heterocycles. The summed E-state index contributed by atoms with van der Waals surface area (Å²) in [4.78, 5) is 17.5. The first kappa shape index (κ1) is 13.1. The average molecular weight is 274 g/mol. The maximum absolute atomic E-state index is 6.12. The number of rotatable bonds is 2. The lowest BCUT2D eigenvalue weighted by Gasteiger charge is -2.35. The highest BCUT2D eigenvalue weighted by atomic mass is 15.4. The topological polar surface area (TPSA) is 70.6 Å². The maximum Gasteiger partial charge on any atom is 0.225 e. The van der Waals surface area contributed by atoms with E-state index in [9.17, 15) is 0 Å². The second kappa shape index (κ2) is 4.92. The highest BCUT2D eigenvalue weighted by molar-refractivity contribution is 5.78. The summed E-state index contributed by atoms with van der Waals surface area (Å²) in [6.07, 6.45) is 4.70. The SMILES string of the molecule is CC1(C)CC1N=C(N)N1CCN(c2ncccn2)CC1. The largest absolute Gasteiger partial charge is 0.370 e. The molecule has 1 saturated carbocycles. The molecule has 0 spiro atoms. The molecule has 20 heavy (non-hydrogen) atoms. The van der Waals surface area contributed by atoms with Gasteiger partial charge in [-0.15, -0.1) is 0 Å². The zero-order valence-corrected chi connectivity index (χ0v) is 12.2. The van der Waals surface area contributed by atoms with Gasteiger partial charge in [-0.25, -0.2) is 15.0 Å². The van der Waals surface area contributed by atoms with Crippen molar-refractivity contribution in [2.45, 2.75) is 26.3 Å². The molecular weight excluding hydrogens is 252 g/mol. The number of guanidine groups is 1. The van der Waals surface area contributed by atoms with E-state index in [2.05, 4.69) is 38.6 Å². The van der Waals surface area contributed by atoms with E-state index >= 15 is 0 Å². The van der Waals surface area contributed by atoms with E-state index in [4.69, 9.17) is 5.73 Å². The minimum Gasteiger partial charge on any atom is -0.370 e. The molecule has 0 radical (unpaired) electrons. The Morgan fingerprint density at radius 3 is 2.40 bits per heavy atom. The van der Waals surface area contributed by atoms with Gasteiger partial charge in [-0.3, -0.25) is 0 Å². The Labute approximate surface area is 119 Å². The van der Waals surface area contributed by atoms with Crippen LogP contribution in [0.25, 0.3) is 0 Å². The molecule has 6 nitrogen and oxygen atoms in total. The second-order valence-electron chi connectivity index (χ2n) is 6.22. The fourth-order valence-electron chi connectivity index (χ4n) is 2.49. The number of hydrogen-bond donors (Lipinski definition) is 1. The third-order valence-electron chi connectivity index (χ3n) is 4.19. The van der Waals surface area contributed by atoms with Gasteiger partial charge in [-0.05, 0) is 17.9 Å². The van der Waals surface area contributed by atoms with Crippen LogP contribution >= 0.6 is 0 Å². The van der Waals surface area contributed by atoms with Crippen molar-refractivity contribution < 1.29 is 0 Å². The molecule has 0 aromatic carbocycles. The Kier molecular flexibility index (Phi) is 3.23. The van der Waals surface area contributed by atoms with Crippen molar-refractivity contribution in [2.75, 3.05) is 31.1 Å². The number of anilines is 1. The number of aromatic nitrogens is 2. The highest BCUT2D eigenvalue weighted by Crippen LogP contribution is 2.47. The van der Waals surface area contributed by atoms with Crippen LogP contribution in [0.4, 0.5) is 5.95 Å². The van der Waals surface area contributed by atoms with E-state index < -0.39 is 0 Å². The van der Waals surface area contributed by atoms with Gasteiger partial charge in [0.15, 0.2) is 5.96 Å². The van der Waals surface area contributed by atoms with Crippen LogP contribution in [0.5, 0.6) is 0 Å². The van der Waals surface area contributed by atoms with Gasteiger partial charge in [0.05, 0.1) is 6.04 Å². The minimum absolute atomic E-state index is 0.338. The first-order valence-electron chi connectivity index (χ1n) is 7.16. The molecule has 108 valence electrons. The standard InChI is InChI=1S/C14H22N6/c1-14(2)10-11(14)18-12(15)19-6-8-20(9-7-19)13-16-4-3-5-17-13/h3-5,11H,6-10H2,1-2H3,(H2,15,18). The zero-order valence-electron chi connectivity index (χ0n) is 12.2. The summed E-state index contributed by atoms with van der Waals surface area (Å²) in [7, 11) is 0. The van der Waals surface area contributed by atoms with Crippen molar-refractivity contribution in [2.24, 2.45) is 16.1 Å². The van der Waals surface area contributed by atoms with E-state index in [0.29, 0.717) is 17.4 Å². The fraction of sp³-hybridized carbons (Fsp3) is 0.643. The van der Waals surface area contributed by atoms with E-state index in [1.165, 1.54) is 0 Å². The Morgan fingerprint density at radius 1 is 1.25 bits per heavy atom. The normalized spacial score (nSPS) is 25.7. The third kappa shape index (κ3) is 2.69. The van der Waals surface area contributed by atoms with Crippen LogP contribution in [-0.2, 0) is 0 Å². The lowest BCUT2D eigenvalue weighted by Crippen LogP contribution is -2.51. The van der Waals surface area contributed by atoms with Gasteiger partial charge in [0.2, 0.25) is 5.95 Å². The van der Waals surface area contributed by atoms with Crippen LogP contribution in [0.3, 0.4) is 0 Å². The lowest BCUT2D eigenvalue weighted by atomic mass is 10.2. The van der Waals surface area contributed by atoms with Crippen molar-refractivity contribution in [3.8, 4) is 0 Å². The van der Waals surface area contributed by atoms with Crippen molar-refractivity contribution in [3.05, 3.63) is 18.5 Å². The summed E-state index contributed by atoms with van der Waals surface area (Å²) in [5.74, 6) is 1.49. The molecule has 1 atom stereocenters. The van der Waals surface area contributed by atoms with Crippen LogP contribution in [0, 0.1) is 5.41 Å². The Bertz CT molecular complexity index is 490. The molecule has 0 amide bonds. The number of piperazine rings is 1. The molecule has 2 fully saturated rings. The van der Waals surface area contributed by atoms with Crippen molar-refractivity contribution >= 4 is 11.9 Å². The highest BCUT2D eigenvalue weighted by Gasteiger charge is 2.46. The van der Waals surface area contributed by atoms with E-state index in [1.807, 2.05) is 6.07 Å². The monoisotopic (exact) mass is 274 g/mol. The molecule has 1 aromatic rings. The Morgan fingerprint density at radius 2 is 1.85 bits per heavy atom. The Hall–Kier alpha value is -1.85. The van der Waals surface area contributed by atoms with Gasteiger partial charge >= 0.3 is 0 Å². The molecule has 1 aromatic heterocycles. The van der Waals surface area contributed by atoms with Gasteiger partial charge in [0, 0.05) is 38.6 Å². The average Bonchev–Trinajstić information content (AvgIpc) is 3.06. The van der Waals surface area contributed by atoms with Gasteiger partial charge < -0.3 is 15.5 Å². The summed E-state index contributed by atoms with van der Waals surface area (Å²) in [5, 5.41) is 0. The quantitative estimate of drug-likeness (QED) is 0.635. The van der Waals surface area contributed by atoms with E-state index in [-0.39, 0.29) is 0 Å². The summed E-state index contributed by atoms with van der Waals surface area (Å²) >= 11 is 0. The maximum atomic E-state index is 6.12. The van der Waals surface area contributed by atoms with Crippen molar-refractivity contribution in [3.63, 3.8) is 0 Å². The Balaban J connectivity index is 1.56. The van der Waals surface area contributed by atoms with Crippen LogP contribution < -0.4 is 10.6 Å². The predicted octanol–water partition coefficient (Wildman–Crippen LogP) is 0.712. The number of aliphatic imine (C=N–C) groups is 1. The molecule has 2 N–H and O–H groups in total. The number of hydrogen-bond acceptors (Lipinski definition) is 4. The van der Waals surface area contributed by atoms with Gasteiger partial charge in [0.1, 0.15) is 0 Å². The summed E-state index contributed by atoms with van der Waals surface area (Å²) in [6.45, 7) is 7.99. The molecule has 2 heterocycles. The third-order valence-corrected chi connectivity index (χ3v) is 4.19. The van der Waals surface area contributed by atoms with Crippen LogP contribution in [0.2, 0.25) is 0 Å². The van der Waals surface area contributed by atoms with Gasteiger partial charge in [-0.2, -0.15) is 0 Å². The lowest BCUT2D eigenvalue weighted by molar-refractivity contribution is 0.377. The van der Waals surface area contributed by atoms with Crippen LogP contribution in [0.15, 0.2) is 23.5 Å². The van der Waals surface area contributed by atoms with Crippen LogP contribution in [-0.4, -0.2) is 53.0 Å². The first-order chi connectivity index (χ1) is 9.56. The molecule has 1 aliphatic carbocycles. The van der Waals surface area contributed by atoms with Crippen molar-refractivity contribution in [1.82, 2.24) is 14.9 Å². The first-order valence-corrected chi connectivity index (χ1v) is 7.16. The molecule has 6 heteroatoms. The second-order valence-corrected chi connectivity index (χ2v) is 6.22. The molecule has 1 unspecified atom stereocenters. The summed E-state index contributed by atoms with van der Waals surface area (Å²) in [6, 6.07) is 2.24. The molecule has 3 rings (SSSR count). The summed E-state index contributed by atoms with van der Waals surface area (Å²) < 4.78 is 0. The van der Waals surface area contributed by atoms with E-state index in [1.54, 1.807) is 12.4 Å². The molecule has 1 saturated heterocycles. The minimum atomic E-state index is 0.338. The van der Waals surface area contributed by atoms with Crippen molar-refractivity contribution in [1.29, 1.82) is 0 Å². The van der Waals surface area contributed by atoms with E-state index in [0.717, 1.165) is 38.5 Å². The molecule has 0 bridgehead atoms. The smallest absolute Gasteiger partial charge is 0.225 e. The zero-order chi connectivity index (χ0) is 14.2. The molecular formula is C14H22N6. The van der Waals surface area contributed by atoms with Crippen LogP contribution in [0.1, 0.15) is 20.3 Å². The van der Waals surface area contributed by atoms with Gasteiger partial charge in [0.25, 0.3) is 0 Å². The molecule has 2 aliphatic rings. The fourth-order valence-corrected chi connectivity index (χ4v) is 2.49.